The summed E-state index contributed by atoms with van der Waals surface area (Å²) in [6, 6.07) is 6.59. The maximum atomic E-state index is 12.8. The van der Waals surface area contributed by atoms with E-state index in [9.17, 15) is 24.7 Å². The van der Waals surface area contributed by atoms with Crippen molar-refractivity contribution in [1.29, 1.82) is 0 Å². The molecular formula is C18H14IN5O5S3. The predicted molar refractivity (Wildman–Crippen MR) is 130 cm³/mol. The molecule has 10 nitrogen and oxygen atoms in total. The molecule has 0 saturated carbocycles. The Kier molecular flexibility index (Phi) is 6.64. The second-order valence-electron chi connectivity index (χ2n) is 6.49. The minimum Gasteiger partial charge on any atom is -0.477 e. The number of carbonyl (C=O) groups is 3. The molecule has 5 N–H and O–H groups in total. The highest BCUT2D eigenvalue weighted by Crippen LogP contribution is 2.45. The number of fused-ring (bicyclic) bond motifs is 1. The first-order chi connectivity index (χ1) is 15.3. The monoisotopic (exact) mass is 603 g/mol. The number of rotatable bonds is 6. The lowest BCUT2D eigenvalue weighted by Crippen LogP contribution is -2.71. The van der Waals surface area contributed by atoms with Crippen LogP contribution in [0, 0.1) is 3.57 Å². The first-order valence-corrected chi connectivity index (χ1v) is 12.7. The number of benzene rings is 1. The smallest absolute Gasteiger partial charge is 0.353 e. The van der Waals surface area contributed by atoms with Crippen molar-refractivity contribution in [3.05, 3.63) is 49.5 Å². The summed E-state index contributed by atoms with van der Waals surface area (Å²) in [6.07, 6.45) is 0. The van der Waals surface area contributed by atoms with E-state index in [1.54, 1.807) is 0 Å². The summed E-state index contributed by atoms with van der Waals surface area (Å²) in [6.45, 7) is 0. The number of nitrogens with two attached hydrogens (primary N) is 1. The van der Waals surface area contributed by atoms with E-state index in [0.717, 1.165) is 19.8 Å². The highest BCUT2D eigenvalue weighted by molar-refractivity contribution is 14.1. The number of oxime groups is 1. The number of carboxylic acids is 1. The van der Waals surface area contributed by atoms with Gasteiger partial charge in [0, 0.05) is 24.5 Å². The summed E-state index contributed by atoms with van der Waals surface area (Å²) in [7, 11) is 0. The molecule has 2 aliphatic heterocycles. The third-order valence-electron chi connectivity index (χ3n) is 4.57. The van der Waals surface area contributed by atoms with E-state index in [2.05, 4.69) is 38.0 Å². The molecule has 14 heteroatoms. The average Bonchev–Trinajstić information content (AvgIpc) is 3.19. The molecule has 1 fully saturated rings. The van der Waals surface area contributed by atoms with Gasteiger partial charge in [-0.25, -0.2) is 9.78 Å². The Bertz CT molecular complexity index is 1180. The van der Waals surface area contributed by atoms with E-state index < -0.39 is 29.2 Å². The van der Waals surface area contributed by atoms with Gasteiger partial charge in [0.2, 0.25) is 0 Å². The molecule has 3 heterocycles. The zero-order valence-corrected chi connectivity index (χ0v) is 20.5. The average molecular weight is 603 g/mol. The molecule has 2 aromatic rings. The van der Waals surface area contributed by atoms with Gasteiger partial charge in [-0.2, -0.15) is 0 Å². The number of hydrogen-bond acceptors (Lipinski definition) is 10. The number of anilines is 1. The van der Waals surface area contributed by atoms with Gasteiger partial charge in [0.1, 0.15) is 22.8 Å². The van der Waals surface area contributed by atoms with Crippen LogP contribution in [0.5, 0.6) is 0 Å². The third-order valence-corrected chi connectivity index (χ3v) is 9.18. The number of nitrogens with zero attached hydrogens (tertiary/aromatic N) is 3. The molecule has 0 spiro atoms. The summed E-state index contributed by atoms with van der Waals surface area (Å²) in [5, 5.41) is 25.6. The lowest BCUT2D eigenvalue weighted by atomic mass is 10.0. The van der Waals surface area contributed by atoms with Crippen LogP contribution < -0.4 is 11.1 Å². The fourth-order valence-electron chi connectivity index (χ4n) is 3.15. The van der Waals surface area contributed by atoms with Gasteiger partial charge in [0.05, 0.1) is 0 Å². The molecule has 0 aliphatic carbocycles. The summed E-state index contributed by atoms with van der Waals surface area (Å²) in [4.78, 5) is 43.9. The number of carbonyl (C=O) groups excluding carboxylic acids is 2. The van der Waals surface area contributed by atoms with Gasteiger partial charge in [0.25, 0.3) is 11.8 Å². The minimum atomic E-state index is -1.21. The zero-order chi connectivity index (χ0) is 23.0. The number of amides is 2. The van der Waals surface area contributed by atoms with Crippen LogP contribution in [0.1, 0.15) is 5.69 Å². The summed E-state index contributed by atoms with van der Waals surface area (Å²) >= 11 is 5.90. The Labute approximate surface area is 207 Å². The molecule has 32 heavy (non-hydrogen) atoms. The Hall–Kier alpha value is -2.30. The van der Waals surface area contributed by atoms with Crippen LogP contribution in [0.15, 0.2) is 50.3 Å². The van der Waals surface area contributed by atoms with Gasteiger partial charge in [-0.15, -0.1) is 23.1 Å². The van der Waals surface area contributed by atoms with Crippen molar-refractivity contribution in [1.82, 2.24) is 15.2 Å². The van der Waals surface area contributed by atoms with Crippen LogP contribution in [-0.2, 0) is 14.4 Å². The van der Waals surface area contributed by atoms with E-state index in [4.69, 9.17) is 5.73 Å². The number of thioether (sulfide) groups is 2. The lowest BCUT2D eigenvalue weighted by Gasteiger charge is -2.49. The number of hydrogen-bond donors (Lipinski definition) is 4. The zero-order valence-electron chi connectivity index (χ0n) is 15.9. The summed E-state index contributed by atoms with van der Waals surface area (Å²) < 4.78 is 0.970. The number of nitrogens with one attached hydrogen (secondary N) is 1. The Balaban J connectivity index is 1.54. The van der Waals surface area contributed by atoms with Crippen molar-refractivity contribution in [2.75, 3.05) is 11.5 Å². The molecule has 0 bridgehead atoms. The third kappa shape index (κ3) is 4.18. The van der Waals surface area contributed by atoms with Crippen molar-refractivity contribution in [2.24, 2.45) is 5.16 Å². The van der Waals surface area contributed by atoms with Gasteiger partial charge in [-0.3, -0.25) is 14.5 Å². The van der Waals surface area contributed by atoms with Gasteiger partial charge in [0.15, 0.2) is 10.8 Å². The Morgan fingerprint density at radius 3 is 2.75 bits per heavy atom. The maximum Gasteiger partial charge on any atom is 0.353 e. The van der Waals surface area contributed by atoms with Crippen molar-refractivity contribution in [2.45, 2.75) is 16.3 Å². The van der Waals surface area contributed by atoms with E-state index in [0.29, 0.717) is 10.7 Å². The van der Waals surface area contributed by atoms with Crippen molar-refractivity contribution in [3.63, 3.8) is 0 Å². The summed E-state index contributed by atoms with van der Waals surface area (Å²) in [5.74, 6) is -2.21. The SMILES string of the molecule is Nc1nc(/C(=N/O)C(=O)N[C@@H]2C(=O)N3C(C(=O)O)=C(Sc4ccccc4I)CS[C@H]23)cs1. The molecule has 4 rings (SSSR count). The Morgan fingerprint density at radius 1 is 1.38 bits per heavy atom. The largest absolute Gasteiger partial charge is 0.477 e. The molecular weight excluding hydrogens is 589 g/mol. The number of aliphatic carboxylic acids is 1. The van der Waals surface area contributed by atoms with Gasteiger partial charge >= 0.3 is 5.97 Å². The topological polar surface area (TPSA) is 158 Å². The van der Waals surface area contributed by atoms with Crippen molar-refractivity contribution >= 4 is 86.1 Å². The Morgan fingerprint density at radius 2 is 2.12 bits per heavy atom. The van der Waals surface area contributed by atoms with E-state index in [1.807, 2.05) is 24.3 Å². The van der Waals surface area contributed by atoms with E-state index in [1.165, 1.54) is 33.8 Å². The number of halogens is 1. The van der Waals surface area contributed by atoms with Crippen LogP contribution >= 0.6 is 57.5 Å². The first-order valence-electron chi connectivity index (χ1n) is 8.89. The molecule has 2 atom stereocenters. The van der Waals surface area contributed by atoms with Crippen LogP contribution in [0.4, 0.5) is 5.13 Å². The normalized spacial score (nSPS) is 20.6. The quantitative estimate of drug-likeness (QED) is 0.127. The molecule has 2 amide bonds. The number of nitrogen functional groups attached to an aromatic ring is 1. The van der Waals surface area contributed by atoms with E-state index >= 15 is 0 Å². The van der Waals surface area contributed by atoms with Crippen LogP contribution in [-0.4, -0.2) is 60.9 Å². The van der Waals surface area contributed by atoms with E-state index in [-0.39, 0.29) is 22.2 Å². The second-order valence-corrected chi connectivity index (χ2v) is 10.8. The highest BCUT2D eigenvalue weighted by atomic mass is 127. The van der Waals surface area contributed by atoms with Gasteiger partial charge in [-0.05, 0) is 34.7 Å². The molecule has 0 radical (unpaired) electrons. The standard InChI is InChI=1S/C18H14IN5O5S3/c19-7-3-1-2-4-9(7)32-10-6-30-16-12(15(26)24(16)13(10)17(27)28)22-14(25)11(23-29)8-5-31-18(20)21-8/h1-5,12,16,29H,6H2,(H2,20,21)(H,22,25)(H,27,28)/b23-11-/t12-,16-/m1/s1. The molecule has 0 unspecified atom stereocenters. The number of aromatic nitrogens is 1. The van der Waals surface area contributed by atoms with Crippen LogP contribution in [0.3, 0.4) is 0 Å². The molecule has 1 saturated heterocycles. The van der Waals surface area contributed by atoms with Crippen LogP contribution in [0.2, 0.25) is 0 Å². The number of thiazole rings is 1. The first kappa shape index (κ1) is 22.9. The van der Waals surface area contributed by atoms with Crippen molar-refractivity contribution < 1.29 is 24.7 Å². The predicted octanol–water partition coefficient (Wildman–Crippen LogP) is 2.00. The molecule has 1 aromatic carbocycles. The van der Waals surface area contributed by atoms with Gasteiger partial charge < -0.3 is 21.4 Å². The maximum absolute atomic E-state index is 12.8. The highest BCUT2D eigenvalue weighted by Gasteiger charge is 2.54. The van der Waals surface area contributed by atoms with Crippen molar-refractivity contribution in [3.8, 4) is 0 Å². The lowest BCUT2D eigenvalue weighted by molar-refractivity contribution is -0.150. The molecule has 1 aromatic heterocycles. The van der Waals surface area contributed by atoms with Crippen LogP contribution in [0.25, 0.3) is 0 Å². The molecule has 2 aliphatic rings. The number of β-lactam (4-membered cyclic amide) rings is 1. The molecule has 166 valence electrons. The number of carboxylic acid groups (broad SMARTS) is 1. The fourth-order valence-corrected chi connectivity index (χ4v) is 6.91. The van der Waals surface area contributed by atoms with Gasteiger partial charge in [-0.1, -0.05) is 29.1 Å². The second kappa shape index (κ2) is 9.29. The fraction of sp³-hybridized carbons (Fsp3) is 0.167. The summed E-state index contributed by atoms with van der Waals surface area (Å²) in [5.41, 5.74) is 5.16. The minimum absolute atomic E-state index is 0.0784.